The van der Waals surface area contributed by atoms with Crippen molar-refractivity contribution in [2.75, 3.05) is 0 Å². The quantitative estimate of drug-likeness (QED) is 0.878. The highest BCUT2D eigenvalue weighted by molar-refractivity contribution is 5.93. The van der Waals surface area contributed by atoms with Crippen molar-refractivity contribution in [3.8, 4) is 5.75 Å². The summed E-state index contributed by atoms with van der Waals surface area (Å²) >= 11 is 0. The first-order valence-corrected chi connectivity index (χ1v) is 7.34. The number of carbonyl (C=O) groups is 1. The molecule has 0 saturated carbocycles. The SMILES string of the molecule is CC(NC(=O)c1cccnc1)Oc1ccc(C(C)(C)C)cc1. The lowest BCUT2D eigenvalue weighted by molar-refractivity contribution is 0.0851. The largest absolute Gasteiger partial charge is 0.471 e. The van der Waals surface area contributed by atoms with E-state index < -0.39 is 6.23 Å². The van der Waals surface area contributed by atoms with E-state index in [4.69, 9.17) is 4.74 Å². The van der Waals surface area contributed by atoms with Gasteiger partial charge in [-0.05, 0) is 42.2 Å². The number of pyridine rings is 1. The fourth-order valence-electron chi connectivity index (χ4n) is 2.03. The fraction of sp³-hybridized carbons (Fsp3) is 0.333. The van der Waals surface area contributed by atoms with Crippen LogP contribution >= 0.6 is 0 Å². The summed E-state index contributed by atoms with van der Waals surface area (Å²) in [5, 5.41) is 2.79. The van der Waals surface area contributed by atoms with Gasteiger partial charge in [-0.2, -0.15) is 0 Å². The monoisotopic (exact) mass is 298 g/mol. The van der Waals surface area contributed by atoms with Gasteiger partial charge in [0.1, 0.15) is 5.75 Å². The molecule has 4 nitrogen and oxygen atoms in total. The summed E-state index contributed by atoms with van der Waals surface area (Å²) in [7, 11) is 0. The van der Waals surface area contributed by atoms with Crippen LogP contribution in [0.1, 0.15) is 43.6 Å². The zero-order valence-electron chi connectivity index (χ0n) is 13.5. The Labute approximate surface area is 131 Å². The number of rotatable bonds is 4. The van der Waals surface area contributed by atoms with Gasteiger partial charge in [0, 0.05) is 12.4 Å². The number of ether oxygens (including phenoxy) is 1. The highest BCUT2D eigenvalue weighted by atomic mass is 16.5. The second kappa shape index (κ2) is 6.60. The second-order valence-corrected chi connectivity index (χ2v) is 6.25. The number of hydrogen-bond donors (Lipinski definition) is 1. The Hall–Kier alpha value is -2.36. The van der Waals surface area contributed by atoms with E-state index in [0.717, 1.165) is 5.75 Å². The standard InChI is InChI=1S/C18H22N2O2/c1-13(20-17(21)14-6-5-11-19-12-14)22-16-9-7-15(8-10-16)18(2,3)4/h5-13H,1-4H3,(H,20,21). The molecule has 0 fully saturated rings. The lowest BCUT2D eigenvalue weighted by Gasteiger charge is -2.20. The molecule has 2 rings (SSSR count). The van der Waals surface area contributed by atoms with Gasteiger partial charge in [-0.3, -0.25) is 9.78 Å². The average Bonchev–Trinajstić information content (AvgIpc) is 2.47. The third-order valence-electron chi connectivity index (χ3n) is 3.29. The molecule has 1 aromatic heterocycles. The summed E-state index contributed by atoms with van der Waals surface area (Å²) in [6.07, 6.45) is 2.74. The minimum Gasteiger partial charge on any atom is -0.471 e. The molecule has 0 spiro atoms. The normalized spacial score (nSPS) is 12.5. The van der Waals surface area contributed by atoms with Crippen molar-refractivity contribution in [2.45, 2.75) is 39.3 Å². The maximum absolute atomic E-state index is 12.0. The number of hydrogen-bond acceptors (Lipinski definition) is 3. The maximum Gasteiger partial charge on any atom is 0.255 e. The summed E-state index contributed by atoms with van der Waals surface area (Å²) in [6.45, 7) is 8.30. The van der Waals surface area contributed by atoms with Gasteiger partial charge in [0.05, 0.1) is 5.56 Å². The molecule has 0 aliphatic heterocycles. The summed E-state index contributed by atoms with van der Waals surface area (Å²) in [6, 6.07) is 11.4. The zero-order valence-corrected chi connectivity index (χ0v) is 13.5. The predicted octanol–water partition coefficient (Wildman–Crippen LogP) is 3.53. The third kappa shape index (κ3) is 4.32. The Morgan fingerprint density at radius 3 is 2.41 bits per heavy atom. The minimum atomic E-state index is -0.423. The summed E-state index contributed by atoms with van der Waals surface area (Å²) in [5.74, 6) is 0.527. The number of benzene rings is 1. The van der Waals surface area contributed by atoms with Crippen LogP contribution < -0.4 is 10.1 Å². The molecule has 1 amide bonds. The van der Waals surface area contributed by atoms with E-state index in [2.05, 4.69) is 31.1 Å². The smallest absolute Gasteiger partial charge is 0.255 e. The molecule has 1 unspecified atom stereocenters. The Morgan fingerprint density at radius 2 is 1.86 bits per heavy atom. The number of amides is 1. The highest BCUT2D eigenvalue weighted by Gasteiger charge is 2.14. The van der Waals surface area contributed by atoms with Crippen LogP contribution in [0.3, 0.4) is 0 Å². The predicted molar refractivity (Wildman–Crippen MR) is 86.9 cm³/mol. The molecule has 0 saturated heterocycles. The number of nitrogens with one attached hydrogen (secondary N) is 1. The average molecular weight is 298 g/mol. The lowest BCUT2D eigenvalue weighted by Crippen LogP contribution is -2.36. The number of carbonyl (C=O) groups excluding carboxylic acids is 1. The lowest BCUT2D eigenvalue weighted by atomic mass is 9.87. The van der Waals surface area contributed by atoms with Crippen molar-refractivity contribution in [1.82, 2.24) is 10.3 Å². The summed E-state index contributed by atoms with van der Waals surface area (Å²) in [5.41, 5.74) is 1.87. The van der Waals surface area contributed by atoms with E-state index in [1.54, 1.807) is 25.3 Å². The van der Waals surface area contributed by atoms with Gasteiger partial charge in [-0.15, -0.1) is 0 Å². The maximum atomic E-state index is 12.0. The zero-order chi connectivity index (χ0) is 16.2. The van der Waals surface area contributed by atoms with E-state index in [0.29, 0.717) is 5.56 Å². The van der Waals surface area contributed by atoms with Crippen molar-refractivity contribution in [3.05, 3.63) is 59.9 Å². The van der Waals surface area contributed by atoms with E-state index in [-0.39, 0.29) is 11.3 Å². The second-order valence-electron chi connectivity index (χ2n) is 6.25. The molecule has 0 radical (unpaired) electrons. The van der Waals surface area contributed by atoms with Crippen LogP contribution in [-0.4, -0.2) is 17.1 Å². The van der Waals surface area contributed by atoms with Crippen molar-refractivity contribution < 1.29 is 9.53 Å². The van der Waals surface area contributed by atoms with Crippen LogP contribution in [0.25, 0.3) is 0 Å². The molecule has 116 valence electrons. The van der Waals surface area contributed by atoms with E-state index in [1.165, 1.54) is 11.8 Å². The molecule has 1 heterocycles. The molecule has 22 heavy (non-hydrogen) atoms. The molecule has 0 aliphatic carbocycles. The summed E-state index contributed by atoms with van der Waals surface area (Å²) < 4.78 is 5.72. The Kier molecular flexibility index (Phi) is 4.81. The first-order valence-electron chi connectivity index (χ1n) is 7.34. The molecule has 0 bridgehead atoms. The highest BCUT2D eigenvalue weighted by Crippen LogP contribution is 2.24. The first-order chi connectivity index (χ1) is 10.4. The van der Waals surface area contributed by atoms with Gasteiger partial charge in [0.2, 0.25) is 0 Å². The molecule has 1 N–H and O–H groups in total. The molecule has 4 heteroatoms. The van der Waals surface area contributed by atoms with Gasteiger partial charge < -0.3 is 10.1 Å². The molecule has 2 aromatic rings. The number of aromatic nitrogens is 1. The topological polar surface area (TPSA) is 51.2 Å². The Morgan fingerprint density at radius 1 is 1.18 bits per heavy atom. The fourth-order valence-corrected chi connectivity index (χ4v) is 2.03. The van der Waals surface area contributed by atoms with E-state index in [1.807, 2.05) is 24.3 Å². The van der Waals surface area contributed by atoms with Crippen LogP contribution in [0.2, 0.25) is 0 Å². The minimum absolute atomic E-state index is 0.110. The molecular formula is C18H22N2O2. The van der Waals surface area contributed by atoms with Crippen molar-refractivity contribution in [2.24, 2.45) is 0 Å². The van der Waals surface area contributed by atoms with Gasteiger partial charge in [0.25, 0.3) is 5.91 Å². The van der Waals surface area contributed by atoms with Gasteiger partial charge in [-0.1, -0.05) is 32.9 Å². The number of nitrogens with zero attached hydrogens (tertiary/aromatic N) is 1. The van der Waals surface area contributed by atoms with Crippen LogP contribution in [0.5, 0.6) is 5.75 Å². The van der Waals surface area contributed by atoms with Gasteiger partial charge in [0.15, 0.2) is 6.23 Å². The van der Waals surface area contributed by atoms with Crippen molar-refractivity contribution in [1.29, 1.82) is 0 Å². The first kappa shape index (κ1) is 16.0. The van der Waals surface area contributed by atoms with E-state index >= 15 is 0 Å². The van der Waals surface area contributed by atoms with Gasteiger partial charge in [-0.25, -0.2) is 0 Å². The molecular weight excluding hydrogens is 276 g/mol. The van der Waals surface area contributed by atoms with Crippen molar-refractivity contribution in [3.63, 3.8) is 0 Å². The third-order valence-corrected chi connectivity index (χ3v) is 3.29. The van der Waals surface area contributed by atoms with Crippen LogP contribution in [0.4, 0.5) is 0 Å². The molecule has 1 atom stereocenters. The van der Waals surface area contributed by atoms with E-state index in [9.17, 15) is 4.79 Å². The van der Waals surface area contributed by atoms with Crippen molar-refractivity contribution >= 4 is 5.91 Å². The summed E-state index contributed by atoms with van der Waals surface area (Å²) in [4.78, 5) is 15.9. The van der Waals surface area contributed by atoms with Gasteiger partial charge >= 0.3 is 0 Å². The Bertz CT molecular complexity index is 616. The Balaban J connectivity index is 1.95. The molecule has 1 aromatic carbocycles. The van der Waals surface area contributed by atoms with Crippen LogP contribution in [0.15, 0.2) is 48.8 Å². The van der Waals surface area contributed by atoms with Crippen LogP contribution in [-0.2, 0) is 5.41 Å². The molecule has 0 aliphatic rings. The van der Waals surface area contributed by atoms with Crippen LogP contribution in [0, 0.1) is 0 Å².